The van der Waals surface area contributed by atoms with Crippen molar-refractivity contribution in [3.63, 3.8) is 0 Å². The zero-order chi connectivity index (χ0) is 14.1. The number of piperidine rings is 1. The Balaban J connectivity index is 1.92. The standard InChI is InChI=1S/C15H18N4S/c1-18-6-4-11(5-7-18)10-19-14-8-12(9-16)2-3-13(14)17-15(19)20/h2-3,8,11H,4-7,10H2,1H3,(H,17,20). The highest BCUT2D eigenvalue weighted by Gasteiger charge is 2.18. The minimum atomic E-state index is 0.669. The SMILES string of the molecule is CN1CCC(Cn2c(=S)[nH]c3ccc(C#N)cc32)CC1. The molecule has 1 aromatic heterocycles. The van der Waals surface area contributed by atoms with E-state index < -0.39 is 0 Å². The van der Waals surface area contributed by atoms with Crippen LogP contribution in [0.5, 0.6) is 0 Å². The van der Waals surface area contributed by atoms with Crippen molar-refractivity contribution in [2.45, 2.75) is 19.4 Å². The molecule has 0 radical (unpaired) electrons. The molecule has 0 bridgehead atoms. The van der Waals surface area contributed by atoms with Crippen LogP contribution in [0.2, 0.25) is 0 Å². The molecule has 0 saturated carbocycles. The number of imidazole rings is 1. The smallest absolute Gasteiger partial charge is 0.178 e. The second kappa shape index (κ2) is 5.39. The Morgan fingerprint density at radius 1 is 1.40 bits per heavy atom. The van der Waals surface area contributed by atoms with E-state index in [1.165, 1.54) is 12.8 Å². The Bertz CT molecular complexity index is 714. The van der Waals surface area contributed by atoms with Crippen molar-refractivity contribution in [2.75, 3.05) is 20.1 Å². The van der Waals surface area contributed by atoms with Gasteiger partial charge in [0, 0.05) is 6.54 Å². The van der Waals surface area contributed by atoms with Crippen LogP contribution < -0.4 is 0 Å². The predicted molar refractivity (Wildman–Crippen MR) is 82.1 cm³/mol. The van der Waals surface area contributed by atoms with Crippen LogP contribution in [-0.2, 0) is 6.54 Å². The summed E-state index contributed by atoms with van der Waals surface area (Å²) < 4.78 is 2.91. The van der Waals surface area contributed by atoms with Crippen LogP contribution in [0.3, 0.4) is 0 Å². The van der Waals surface area contributed by atoms with Crippen LogP contribution >= 0.6 is 12.2 Å². The molecule has 0 spiro atoms. The minimum Gasteiger partial charge on any atom is -0.331 e. The van der Waals surface area contributed by atoms with Gasteiger partial charge in [0.05, 0.1) is 22.7 Å². The number of hydrogen-bond donors (Lipinski definition) is 1. The Hall–Kier alpha value is -1.64. The molecular weight excluding hydrogens is 268 g/mol. The van der Waals surface area contributed by atoms with E-state index in [1.54, 1.807) is 0 Å². The lowest BCUT2D eigenvalue weighted by atomic mass is 9.97. The summed E-state index contributed by atoms with van der Waals surface area (Å²) in [4.78, 5) is 5.61. The number of aromatic nitrogens is 2. The van der Waals surface area contributed by atoms with E-state index in [1.807, 2.05) is 18.2 Å². The molecule has 104 valence electrons. The first-order valence-electron chi connectivity index (χ1n) is 6.98. The fraction of sp³-hybridized carbons (Fsp3) is 0.467. The number of fused-ring (bicyclic) bond motifs is 1. The van der Waals surface area contributed by atoms with Gasteiger partial charge in [-0.1, -0.05) is 0 Å². The molecule has 1 aliphatic rings. The van der Waals surface area contributed by atoms with Gasteiger partial charge in [0.2, 0.25) is 0 Å². The topological polar surface area (TPSA) is 47.8 Å². The molecular formula is C15H18N4S. The third-order valence-corrected chi connectivity index (χ3v) is 4.51. The number of likely N-dealkylation sites (tertiary alicyclic amines) is 1. The molecule has 20 heavy (non-hydrogen) atoms. The molecule has 0 aliphatic carbocycles. The van der Waals surface area contributed by atoms with Gasteiger partial charge in [-0.2, -0.15) is 5.26 Å². The summed E-state index contributed by atoms with van der Waals surface area (Å²) in [6.45, 7) is 3.26. The number of rotatable bonds is 2. The van der Waals surface area contributed by atoms with E-state index in [0.717, 1.165) is 35.4 Å². The molecule has 1 saturated heterocycles. The number of nitriles is 1. The first kappa shape index (κ1) is 13.3. The summed E-state index contributed by atoms with van der Waals surface area (Å²) in [6.07, 6.45) is 2.42. The van der Waals surface area contributed by atoms with Gasteiger partial charge in [-0.15, -0.1) is 0 Å². The van der Waals surface area contributed by atoms with Crippen LogP contribution in [0.25, 0.3) is 11.0 Å². The highest BCUT2D eigenvalue weighted by Crippen LogP contribution is 2.22. The van der Waals surface area contributed by atoms with Gasteiger partial charge < -0.3 is 14.5 Å². The van der Waals surface area contributed by atoms with E-state index in [2.05, 4.69) is 27.6 Å². The Labute approximate surface area is 123 Å². The summed E-state index contributed by atoms with van der Waals surface area (Å²) >= 11 is 5.44. The average Bonchev–Trinajstić information content (AvgIpc) is 2.77. The van der Waals surface area contributed by atoms with Crippen molar-refractivity contribution in [1.29, 1.82) is 5.26 Å². The fourth-order valence-electron chi connectivity index (χ4n) is 2.91. The predicted octanol–water partition coefficient (Wildman–Crippen LogP) is 2.91. The van der Waals surface area contributed by atoms with E-state index in [-0.39, 0.29) is 0 Å². The molecule has 1 aliphatic heterocycles. The monoisotopic (exact) mass is 286 g/mol. The van der Waals surface area contributed by atoms with Crippen LogP contribution in [-0.4, -0.2) is 34.6 Å². The summed E-state index contributed by atoms with van der Waals surface area (Å²) in [5.74, 6) is 0.669. The third kappa shape index (κ3) is 2.49. The van der Waals surface area contributed by atoms with E-state index in [0.29, 0.717) is 11.5 Å². The minimum absolute atomic E-state index is 0.669. The highest BCUT2D eigenvalue weighted by atomic mass is 32.1. The molecule has 0 amide bonds. The Morgan fingerprint density at radius 3 is 2.85 bits per heavy atom. The molecule has 5 heteroatoms. The van der Waals surface area contributed by atoms with Gasteiger partial charge in [0.15, 0.2) is 4.77 Å². The van der Waals surface area contributed by atoms with E-state index in [9.17, 15) is 0 Å². The number of aromatic amines is 1. The molecule has 1 aromatic carbocycles. The molecule has 1 N–H and O–H groups in total. The number of hydrogen-bond acceptors (Lipinski definition) is 3. The van der Waals surface area contributed by atoms with Crippen LogP contribution in [0.4, 0.5) is 0 Å². The maximum Gasteiger partial charge on any atom is 0.178 e. The fourth-order valence-corrected chi connectivity index (χ4v) is 3.19. The van der Waals surface area contributed by atoms with E-state index >= 15 is 0 Å². The quantitative estimate of drug-likeness (QED) is 0.864. The van der Waals surface area contributed by atoms with Crippen molar-refractivity contribution in [2.24, 2.45) is 5.92 Å². The maximum absolute atomic E-state index is 9.04. The van der Waals surface area contributed by atoms with Gasteiger partial charge in [-0.25, -0.2) is 0 Å². The zero-order valence-electron chi connectivity index (χ0n) is 11.6. The van der Waals surface area contributed by atoms with Crippen LogP contribution in [0, 0.1) is 22.0 Å². The van der Waals surface area contributed by atoms with Gasteiger partial charge in [0.25, 0.3) is 0 Å². The van der Waals surface area contributed by atoms with Gasteiger partial charge in [0.1, 0.15) is 0 Å². The summed E-state index contributed by atoms with van der Waals surface area (Å²) in [5, 5.41) is 9.04. The lowest BCUT2D eigenvalue weighted by molar-refractivity contribution is 0.206. The second-order valence-corrected chi connectivity index (χ2v) is 6.02. The van der Waals surface area contributed by atoms with Gasteiger partial charge >= 0.3 is 0 Å². The van der Waals surface area contributed by atoms with Crippen LogP contribution in [0.1, 0.15) is 18.4 Å². The van der Waals surface area contributed by atoms with Crippen molar-refractivity contribution in [3.8, 4) is 6.07 Å². The highest BCUT2D eigenvalue weighted by molar-refractivity contribution is 7.71. The molecule has 3 rings (SSSR count). The summed E-state index contributed by atoms with van der Waals surface area (Å²) in [6, 6.07) is 7.89. The van der Waals surface area contributed by atoms with Gasteiger partial charge in [-0.05, 0) is 69.3 Å². The first-order chi connectivity index (χ1) is 9.67. The number of benzene rings is 1. The number of nitrogens with zero attached hydrogens (tertiary/aromatic N) is 3. The Morgan fingerprint density at radius 2 is 2.15 bits per heavy atom. The number of nitrogens with one attached hydrogen (secondary N) is 1. The third-order valence-electron chi connectivity index (χ3n) is 4.18. The lowest BCUT2D eigenvalue weighted by Crippen LogP contribution is -2.31. The summed E-state index contributed by atoms with van der Waals surface area (Å²) in [7, 11) is 2.17. The normalized spacial score (nSPS) is 17.4. The van der Waals surface area contributed by atoms with Crippen molar-refractivity contribution in [3.05, 3.63) is 28.5 Å². The average molecular weight is 286 g/mol. The van der Waals surface area contributed by atoms with Crippen molar-refractivity contribution < 1.29 is 0 Å². The Kier molecular flexibility index (Phi) is 3.60. The number of H-pyrrole nitrogens is 1. The van der Waals surface area contributed by atoms with Crippen LogP contribution in [0.15, 0.2) is 18.2 Å². The van der Waals surface area contributed by atoms with E-state index in [4.69, 9.17) is 17.5 Å². The maximum atomic E-state index is 9.04. The lowest BCUT2D eigenvalue weighted by Gasteiger charge is -2.29. The van der Waals surface area contributed by atoms with Crippen molar-refractivity contribution in [1.82, 2.24) is 14.5 Å². The van der Waals surface area contributed by atoms with Crippen molar-refractivity contribution >= 4 is 23.3 Å². The molecule has 2 heterocycles. The first-order valence-corrected chi connectivity index (χ1v) is 7.39. The molecule has 1 fully saturated rings. The zero-order valence-corrected chi connectivity index (χ0v) is 12.4. The summed E-state index contributed by atoms with van der Waals surface area (Å²) in [5.41, 5.74) is 2.75. The molecule has 0 atom stereocenters. The largest absolute Gasteiger partial charge is 0.331 e. The molecule has 0 unspecified atom stereocenters. The second-order valence-electron chi connectivity index (χ2n) is 5.63. The van der Waals surface area contributed by atoms with Gasteiger partial charge in [-0.3, -0.25) is 0 Å². The molecule has 4 nitrogen and oxygen atoms in total. The molecule has 2 aromatic rings.